The summed E-state index contributed by atoms with van der Waals surface area (Å²) in [6, 6.07) is 26.8. The standard InChI is InChI=1S/C26H22FNO/c1-2-19-10-13-23(14-11-19)28-17-25-24-9-4-3-7-21(24)12-15-26(25)29-18-20-6-5-8-22(27)16-20/h3-17H,2,18H2,1H3. The van der Waals surface area contributed by atoms with E-state index in [4.69, 9.17) is 4.74 Å². The minimum atomic E-state index is -0.262. The van der Waals surface area contributed by atoms with Gasteiger partial charge in [0.1, 0.15) is 18.2 Å². The molecule has 0 saturated carbocycles. The van der Waals surface area contributed by atoms with Crippen molar-refractivity contribution in [1.29, 1.82) is 0 Å². The van der Waals surface area contributed by atoms with E-state index in [1.807, 2.05) is 48.7 Å². The largest absolute Gasteiger partial charge is 0.488 e. The van der Waals surface area contributed by atoms with Gasteiger partial charge >= 0.3 is 0 Å². The Balaban J connectivity index is 1.67. The summed E-state index contributed by atoms with van der Waals surface area (Å²) in [5.74, 6) is 0.462. The number of ether oxygens (including phenoxy) is 1. The number of aryl methyl sites for hydroxylation is 1. The second kappa shape index (κ2) is 8.70. The Morgan fingerprint density at radius 1 is 0.862 bits per heavy atom. The van der Waals surface area contributed by atoms with Crippen molar-refractivity contribution in [2.75, 3.05) is 0 Å². The molecule has 0 bridgehead atoms. The van der Waals surface area contributed by atoms with Crippen molar-refractivity contribution in [1.82, 2.24) is 0 Å². The normalized spacial score (nSPS) is 11.2. The molecule has 0 atom stereocenters. The van der Waals surface area contributed by atoms with Gasteiger partial charge in [0.25, 0.3) is 0 Å². The lowest BCUT2D eigenvalue weighted by molar-refractivity contribution is 0.305. The van der Waals surface area contributed by atoms with E-state index in [0.717, 1.165) is 39.8 Å². The fraction of sp³-hybridized carbons (Fsp3) is 0.115. The lowest BCUT2D eigenvalue weighted by Gasteiger charge is -2.12. The molecule has 0 aliphatic carbocycles. The van der Waals surface area contributed by atoms with E-state index in [9.17, 15) is 4.39 Å². The van der Waals surface area contributed by atoms with Crippen molar-refractivity contribution in [2.24, 2.45) is 4.99 Å². The van der Waals surface area contributed by atoms with Gasteiger partial charge in [0.2, 0.25) is 0 Å². The molecular formula is C26H22FNO. The first kappa shape index (κ1) is 18.9. The summed E-state index contributed by atoms with van der Waals surface area (Å²) < 4.78 is 19.5. The highest BCUT2D eigenvalue weighted by molar-refractivity contribution is 6.03. The van der Waals surface area contributed by atoms with Crippen LogP contribution in [-0.2, 0) is 13.0 Å². The minimum absolute atomic E-state index is 0.262. The Labute approximate surface area is 170 Å². The maximum Gasteiger partial charge on any atom is 0.129 e. The molecule has 0 aliphatic rings. The summed E-state index contributed by atoms with van der Waals surface area (Å²) in [6.07, 6.45) is 2.86. The molecule has 29 heavy (non-hydrogen) atoms. The molecule has 2 nitrogen and oxygen atoms in total. The minimum Gasteiger partial charge on any atom is -0.488 e. The summed E-state index contributed by atoms with van der Waals surface area (Å²) in [7, 11) is 0. The Bertz CT molecular complexity index is 1150. The molecule has 0 heterocycles. The fourth-order valence-electron chi connectivity index (χ4n) is 3.28. The molecule has 0 aromatic heterocycles. The number of nitrogens with zero attached hydrogens (tertiary/aromatic N) is 1. The van der Waals surface area contributed by atoms with E-state index in [1.165, 1.54) is 17.7 Å². The predicted molar refractivity (Wildman–Crippen MR) is 118 cm³/mol. The highest BCUT2D eigenvalue weighted by Gasteiger charge is 2.08. The highest BCUT2D eigenvalue weighted by atomic mass is 19.1. The molecule has 0 saturated heterocycles. The predicted octanol–water partition coefficient (Wildman–Crippen LogP) is 6.87. The Kier molecular flexibility index (Phi) is 5.66. The van der Waals surface area contributed by atoms with Crippen LogP contribution in [0.15, 0.2) is 89.9 Å². The Hall–Kier alpha value is -3.46. The molecule has 3 heteroatoms. The third-order valence-electron chi connectivity index (χ3n) is 4.90. The van der Waals surface area contributed by atoms with Crippen LogP contribution in [0.5, 0.6) is 5.75 Å². The number of hydrogen-bond acceptors (Lipinski definition) is 2. The van der Waals surface area contributed by atoms with E-state index >= 15 is 0 Å². The zero-order valence-electron chi connectivity index (χ0n) is 16.3. The van der Waals surface area contributed by atoms with E-state index in [2.05, 4.69) is 36.2 Å². The van der Waals surface area contributed by atoms with Crippen LogP contribution in [0.3, 0.4) is 0 Å². The molecule has 0 amide bonds. The van der Waals surface area contributed by atoms with E-state index in [-0.39, 0.29) is 5.82 Å². The average Bonchev–Trinajstić information content (AvgIpc) is 2.77. The second-order valence-corrected chi connectivity index (χ2v) is 6.90. The zero-order valence-corrected chi connectivity index (χ0v) is 16.3. The van der Waals surface area contributed by atoms with Gasteiger partial charge in [0.15, 0.2) is 0 Å². The van der Waals surface area contributed by atoms with Gasteiger partial charge in [0, 0.05) is 11.8 Å². The van der Waals surface area contributed by atoms with Crippen LogP contribution in [-0.4, -0.2) is 6.21 Å². The van der Waals surface area contributed by atoms with Crippen molar-refractivity contribution in [3.8, 4) is 5.75 Å². The quantitative estimate of drug-likeness (QED) is 0.333. The summed E-state index contributed by atoms with van der Waals surface area (Å²) in [4.78, 5) is 4.67. The first-order valence-corrected chi connectivity index (χ1v) is 9.75. The van der Waals surface area contributed by atoms with Crippen LogP contribution in [0.1, 0.15) is 23.6 Å². The number of benzene rings is 4. The van der Waals surface area contributed by atoms with Crippen molar-refractivity contribution < 1.29 is 9.13 Å². The number of fused-ring (bicyclic) bond motifs is 1. The maximum atomic E-state index is 13.5. The molecule has 144 valence electrons. The van der Waals surface area contributed by atoms with E-state index in [0.29, 0.717) is 6.61 Å². The highest BCUT2D eigenvalue weighted by Crippen LogP contribution is 2.28. The Morgan fingerprint density at radius 2 is 1.69 bits per heavy atom. The lowest BCUT2D eigenvalue weighted by Crippen LogP contribution is -1.99. The number of halogens is 1. The van der Waals surface area contributed by atoms with Gasteiger partial charge < -0.3 is 4.74 Å². The molecule has 4 aromatic rings. The molecule has 4 rings (SSSR count). The Morgan fingerprint density at radius 3 is 2.48 bits per heavy atom. The van der Waals surface area contributed by atoms with Gasteiger partial charge in [-0.15, -0.1) is 0 Å². The summed E-state index contributed by atoms with van der Waals surface area (Å²) >= 11 is 0. The van der Waals surface area contributed by atoms with Gasteiger partial charge in [-0.2, -0.15) is 0 Å². The molecule has 0 fully saturated rings. The van der Waals surface area contributed by atoms with Gasteiger partial charge in [-0.1, -0.05) is 61.5 Å². The maximum absolute atomic E-state index is 13.5. The number of aliphatic imine (C=N–C) groups is 1. The van der Waals surface area contributed by atoms with Crippen LogP contribution in [0, 0.1) is 5.82 Å². The SMILES string of the molecule is CCc1ccc(N=Cc2c(OCc3cccc(F)c3)ccc3ccccc23)cc1. The number of hydrogen-bond donors (Lipinski definition) is 0. The van der Waals surface area contributed by atoms with Crippen molar-refractivity contribution >= 4 is 22.7 Å². The van der Waals surface area contributed by atoms with Gasteiger partial charge in [-0.25, -0.2) is 4.39 Å². The van der Waals surface area contributed by atoms with E-state index in [1.54, 1.807) is 6.07 Å². The molecule has 0 aliphatic heterocycles. The lowest BCUT2D eigenvalue weighted by atomic mass is 10.0. The second-order valence-electron chi connectivity index (χ2n) is 6.90. The van der Waals surface area contributed by atoms with Crippen LogP contribution in [0.25, 0.3) is 10.8 Å². The first-order chi connectivity index (χ1) is 14.2. The van der Waals surface area contributed by atoms with Gasteiger partial charge in [-0.3, -0.25) is 4.99 Å². The first-order valence-electron chi connectivity index (χ1n) is 9.75. The molecule has 0 N–H and O–H groups in total. The molecule has 0 spiro atoms. The smallest absolute Gasteiger partial charge is 0.129 e. The van der Waals surface area contributed by atoms with Crippen LogP contribution in [0.2, 0.25) is 0 Å². The zero-order chi connectivity index (χ0) is 20.1. The summed E-state index contributed by atoms with van der Waals surface area (Å²) in [5.41, 5.74) is 3.88. The van der Waals surface area contributed by atoms with Gasteiger partial charge in [-0.05, 0) is 58.7 Å². The van der Waals surface area contributed by atoms with Crippen LogP contribution < -0.4 is 4.74 Å². The van der Waals surface area contributed by atoms with Crippen molar-refractivity contribution in [2.45, 2.75) is 20.0 Å². The van der Waals surface area contributed by atoms with E-state index < -0.39 is 0 Å². The summed E-state index contributed by atoms with van der Waals surface area (Å²) in [6.45, 7) is 2.43. The average molecular weight is 383 g/mol. The molecule has 0 radical (unpaired) electrons. The third kappa shape index (κ3) is 4.52. The van der Waals surface area contributed by atoms with Crippen LogP contribution >= 0.6 is 0 Å². The van der Waals surface area contributed by atoms with Crippen molar-refractivity contribution in [3.63, 3.8) is 0 Å². The molecule has 4 aromatic carbocycles. The van der Waals surface area contributed by atoms with Crippen LogP contribution in [0.4, 0.5) is 10.1 Å². The third-order valence-corrected chi connectivity index (χ3v) is 4.90. The monoisotopic (exact) mass is 383 g/mol. The van der Waals surface area contributed by atoms with Crippen molar-refractivity contribution in [3.05, 3.63) is 107 Å². The topological polar surface area (TPSA) is 21.6 Å². The molecule has 0 unspecified atom stereocenters. The fourth-order valence-corrected chi connectivity index (χ4v) is 3.28. The van der Waals surface area contributed by atoms with Gasteiger partial charge in [0.05, 0.1) is 5.69 Å². The molecular weight excluding hydrogens is 361 g/mol. The number of rotatable bonds is 6. The summed E-state index contributed by atoms with van der Waals surface area (Å²) in [5, 5.41) is 2.19.